The van der Waals surface area contributed by atoms with E-state index in [1.807, 2.05) is 13.8 Å². The minimum Gasteiger partial charge on any atom is -0.465 e. The van der Waals surface area contributed by atoms with Crippen LogP contribution < -0.4 is 0 Å². The van der Waals surface area contributed by atoms with Gasteiger partial charge in [-0.25, -0.2) is 14.8 Å². The molecular weight excluding hydrogens is 252 g/mol. The van der Waals surface area contributed by atoms with Crippen LogP contribution in [0.5, 0.6) is 0 Å². The molecule has 0 aliphatic rings. The van der Waals surface area contributed by atoms with Crippen molar-refractivity contribution in [2.24, 2.45) is 0 Å². The van der Waals surface area contributed by atoms with Crippen molar-refractivity contribution in [3.63, 3.8) is 0 Å². The number of aromatic nitrogens is 2. The quantitative estimate of drug-likeness (QED) is 0.799. The Labute approximate surface area is 109 Å². The highest BCUT2D eigenvalue weighted by Crippen LogP contribution is 2.31. The molecule has 2 rings (SSSR count). The van der Waals surface area contributed by atoms with Crippen LogP contribution in [0.15, 0.2) is 6.20 Å². The van der Waals surface area contributed by atoms with Crippen LogP contribution in [0.3, 0.4) is 0 Å². The number of rotatable bonds is 3. The normalized spacial score (nSPS) is 12.7. The lowest BCUT2D eigenvalue weighted by atomic mass is 10.0. The molecule has 2 aromatic heterocycles. The maximum atomic E-state index is 11.8. The summed E-state index contributed by atoms with van der Waals surface area (Å²) in [6.45, 7) is 3.78. The highest BCUT2D eigenvalue weighted by molar-refractivity contribution is 7.18. The molecule has 0 aliphatic heterocycles. The first-order valence-electron chi connectivity index (χ1n) is 5.45. The molecule has 18 heavy (non-hydrogen) atoms. The SMILES string of the molecule is COC(=O)c1cnc2sc(C)nc2c1[C@@H](C)OC. The summed E-state index contributed by atoms with van der Waals surface area (Å²) in [5.41, 5.74) is 1.86. The summed E-state index contributed by atoms with van der Waals surface area (Å²) in [6.07, 6.45) is 1.28. The molecule has 0 saturated carbocycles. The van der Waals surface area contributed by atoms with Gasteiger partial charge >= 0.3 is 5.97 Å². The standard InChI is InChI=1S/C12H14N2O3S/c1-6(16-3)9-8(12(15)17-4)5-13-11-10(9)14-7(2)18-11/h5-6H,1-4H3/t6-/m1/s1. The van der Waals surface area contributed by atoms with Crippen LogP contribution in [0.25, 0.3) is 10.3 Å². The van der Waals surface area contributed by atoms with Crippen LogP contribution in [0.2, 0.25) is 0 Å². The Morgan fingerprint density at radius 3 is 2.78 bits per heavy atom. The van der Waals surface area contributed by atoms with E-state index in [0.29, 0.717) is 5.56 Å². The summed E-state index contributed by atoms with van der Waals surface area (Å²) in [7, 11) is 2.94. The minimum absolute atomic E-state index is 0.244. The average Bonchev–Trinajstić information content (AvgIpc) is 2.75. The van der Waals surface area contributed by atoms with Gasteiger partial charge in [-0.1, -0.05) is 11.3 Å². The number of fused-ring (bicyclic) bond motifs is 1. The van der Waals surface area contributed by atoms with Gasteiger partial charge in [-0.3, -0.25) is 0 Å². The van der Waals surface area contributed by atoms with Gasteiger partial charge in [0.05, 0.1) is 23.8 Å². The lowest BCUT2D eigenvalue weighted by Crippen LogP contribution is -2.10. The van der Waals surface area contributed by atoms with Gasteiger partial charge in [-0.15, -0.1) is 0 Å². The van der Waals surface area contributed by atoms with Gasteiger partial charge in [0.15, 0.2) is 0 Å². The number of nitrogens with zero attached hydrogens (tertiary/aromatic N) is 2. The second-order valence-electron chi connectivity index (χ2n) is 3.84. The Kier molecular flexibility index (Phi) is 3.58. The number of pyridine rings is 1. The second-order valence-corrected chi connectivity index (χ2v) is 5.02. The lowest BCUT2D eigenvalue weighted by Gasteiger charge is -2.13. The number of aryl methyl sites for hydroxylation is 1. The van der Waals surface area contributed by atoms with Crippen molar-refractivity contribution in [1.29, 1.82) is 0 Å². The van der Waals surface area contributed by atoms with Crippen LogP contribution in [0, 0.1) is 6.92 Å². The Morgan fingerprint density at radius 1 is 1.44 bits per heavy atom. The van der Waals surface area contributed by atoms with Gasteiger partial charge in [-0.2, -0.15) is 0 Å². The topological polar surface area (TPSA) is 61.3 Å². The summed E-state index contributed by atoms with van der Waals surface area (Å²) < 4.78 is 10.1. The maximum absolute atomic E-state index is 11.8. The van der Waals surface area contributed by atoms with E-state index < -0.39 is 5.97 Å². The molecule has 1 atom stereocenters. The fourth-order valence-corrected chi connectivity index (χ4v) is 2.58. The van der Waals surface area contributed by atoms with Gasteiger partial charge in [0.25, 0.3) is 0 Å². The molecular formula is C12H14N2O3S. The number of ether oxygens (including phenoxy) is 2. The smallest absolute Gasteiger partial charge is 0.339 e. The third kappa shape index (κ3) is 2.09. The van der Waals surface area contributed by atoms with Crippen LogP contribution >= 0.6 is 11.3 Å². The highest BCUT2D eigenvalue weighted by atomic mass is 32.1. The van der Waals surface area contributed by atoms with E-state index in [0.717, 1.165) is 20.9 Å². The Morgan fingerprint density at radius 2 is 2.17 bits per heavy atom. The van der Waals surface area contributed by atoms with Crippen molar-refractivity contribution in [1.82, 2.24) is 9.97 Å². The molecule has 0 N–H and O–H groups in total. The molecule has 0 saturated heterocycles. The van der Waals surface area contributed by atoms with Crippen molar-refractivity contribution in [2.75, 3.05) is 14.2 Å². The molecule has 0 aliphatic carbocycles. The van der Waals surface area contributed by atoms with E-state index in [1.54, 1.807) is 7.11 Å². The average molecular weight is 266 g/mol. The molecule has 0 amide bonds. The van der Waals surface area contributed by atoms with E-state index in [1.165, 1.54) is 24.6 Å². The Bertz CT molecular complexity index is 594. The van der Waals surface area contributed by atoms with Crippen molar-refractivity contribution >= 4 is 27.7 Å². The highest BCUT2D eigenvalue weighted by Gasteiger charge is 2.22. The van der Waals surface area contributed by atoms with Gasteiger partial charge in [0, 0.05) is 18.9 Å². The minimum atomic E-state index is -0.422. The van der Waals surface area contributed by atoms with E-state index in [2.05, 4.69) is 9.97 Å². The summed E-state index contributed by atoms with van der Waals surface area (Å²) in [5.74, 6) is -0.422. The molecule has 0 bridgehead atoms. The predicted molar refractivity (Wildman–Crippen MR) is 68.9 cm³/mol. The van der Waals surface area contributed by atoms with E-state index in [9.17, 15) is 4.79 Å². The van der Waals surface area contributed by atoms with Crippen molar-refractivity contribution in [2.45, 2.75) is 20.0 Å². The van der Waals surface area contributed by atoms with Crippen LogP contribution in [-0.2, 0) is 9.47 Å². The van der Waals surface area contributed by atoms with Gasteiger partial charge in [0.1, 0.15) is 10.3 Å². The number of hydrogen-bond donors (Lipinski definition) is 0. The summed E-state index contributed by atoms with van der Waals surface area (Å²) in [4.78, 5) is 21.2. The van der Waals surface area contributed by atoms with E-state index in [4.69, 9.17) is 9.47 Å². The summed E-state index contributed by atoms with van der Waals surface area (Å²) in [6, 6.07) is 0. The Balaban J connectivity index is 2.74. The number of methoxy groups -OCH3 is 2. The van der Waals surface area contributed by atoms with Crippen molar-refractivity contribution in [3.8, 4) is 0 Å². The predicted octanol–water partition coefficient (Wildman–Crippen LogP) is 2.49. The third-order valence-electron chi connectivity index (χ3n) is 2.74. The zero-order valence-corrected chi connectivity index (χ0v) is 11.5. The number of hydrogen-bond acceptors (Lipinski definition) is 6. The number of carbonyl (C=O) groups excluding carboxylic acids is 1. The van der Waals surface area contributed by atoms with Crippen molar-refractivity contribution < 1.29 is 14.3 Å². The van der Waals surface area contributed by atoms with E-state index in [-0.39, 0.29) is 6.10 Å². The zero-order chi connectivity index (χ0) is 13.3. The molecule has 2 heterocycles. The fraction of sp³-hybridized carbons (Fsp3) is 0.417. The van der Waals surface area contributed by atoms with Gasteiger partial charge in [-0.05, 0) is 13.8 Å². The molecule has 2 aromatic rings. The van der Waals surface area contributed by atoms with Crippen LogP contribution in [0.1, 0.15) is 34.0 Å². The largest absolute Gasteiger partial charge is 0.465 e. The molecule has 5 nitrogen and oxygen atoms in total. The maximum Gasteiger partial charge on any atom is 0.339 e. The monoisotopic (exact) mass is 266 g/mol. The van der Waals surface area contributed by atoms with Gasteiger partial charge in [0.2, 0.25) is 0 Å². The first kappa shape index (κ1) is 12.9. The lowest BCUT2D eigenvalue weighted by molar-refractivity contribution is 0.0589. The second kappa shape index (κ2) is 4.99. The molecule has 96 valence electrons. The third-order valence-corrected chi connectivity index (χ3v) is 3.62. The molecule has 0 aromatic carbocycles. The molecule has 0 unspecified atom stereocenters. The summed E-state index contributed by atoms with van der Waals surface area (Å²) >= 11 is 1.49. The number of thiazole rings is 1. The number of carbonyl (C=O) groups is 1. The van der Waals surface area contributed by atoms with Crippen molar-refractivity contribution in [3.05, 3.63) is 22.3 Å². The fourth-order valence-electron chi connectivity index (χ4n) is 1.80. The van der Waals surface area contributed by atoms with Gasteiger partial charge < -0.3 is 9.47 Å². The molecule has 0 spiro atoms. The van der Waals surface area contributed by atoms with Crippen LogP contribution in [0.4, 0.5) is 0 Å². The zero-order valence-electron chi connectivity index (χ0n) is 10.7. The molecule has 0 fully saturated rings. The van der Waals surface area contributed by atoms with Crippen LogP contribution in [-0.4, -0.2) is 30.2 Å². The first-order chi connectivity index (χ1) is 8.58. The molecule has 0 radical (unpaired) electrons. The first-order valence-corrected chi connectivity index (χ1v) is 6.27. The number of esters is 1. The Hall–Kier alpha value is -1.53. The van der Waals surface area contributed by atoms with E-state index >= 15 is 0 Å². The molecule has 6 heteroatoms. The summed E-state index contributed by atoms with van der Waals surface area (Å²) in [5, 5.41) is 0.907.